The van der Waals surface area contributed by atoms with Gasteiger partial charge in [-0.1, -0.05) is 6.07 Å². The Labute approximate surface area is 86.5 Å². The second-order valence-corrected chi connectivity index (χ2v) is 3.32. The summed E-state index contributed by atoms with van der Waals surface area (Å²) in [6.45, 7) is 3.35. The summed E-state index contributed by atoms with van der Waals surface area (Å²) in [7, 11) is -2.03. The Hall–Kier alpha value is -1.14. The van der Waals surface area contributed by atoms with Gasteiger partial charge in [0.05, 0.1) is 6.10 Å². The van der Waals surface area contributed by atoms with Gasteiger partial charge in [-0.3, -0.25) is 0 Å². The van der Waals surface area contributed by atoms with Gasteiger partial charge in [-0.2, -0.15) is 4.39 Å². The van der Waals surface area contributed by atoms with Crippen LogP contribution < -0.4 is 10.2 Å². The van der Waals surface area contributed by atoms with E-state index in [4.69, 9.17) is 14.8 Å². The van der Waals surface area contributed by atoms with E-state index in [1.165, 1.54) is 0 Å². The van der Waals surface area contributed by atoms with E-state index < -0.39 is 24.2 Å². The molecule has 0 saturated heterocycles. The van der Waals surface area contributed by atoms with Crippen LogP contribution in [0.4, 0.5) is 8.78 Å². The maximum atomic E-state index is 13.3. The molecule has 0 aliphatic rings. The fourth-order valence-corrected chi connectivity index (χ4v) is 1.09. The first-order valence-electron chi connectivity index (χ1n) is 4.44. The number of hydrogen-bond donors (Lipinski definition) is 2. The summed E-state index contributed by atoms with van der Waals surface area (Å²) in [6.07, 6.45) is -0.288. The van der Waals surface area contributed by atoms with Crippen LogP contribution in [0.25, 0.3) is 0 Å². The van der Waals surface area contributed by atoms with Crippen LogP contribution in [0.5, 0.6) is 5.75 Å². The number of rotatable bonds is 3. The van der Waals surface area contributed by atoms with Crippen LogP contribution in [-0.2, 0) is 0 Å². The molecule has 0 radical (unpaired) electrons. The monoisotopic (exact) mass is 216 g/mol. The lowest BCUT2D eigenvalue weighted by Crippen LogP contribution is -2.33. The number of halogens is 2. The van der Waals surface area contributed by atoms with Crippen molar-refractivity contribution in [2.75, 3.05) is 0 Å². The van der Waals surface area contributed by atoms with Gasteiger partial charge in [-0.15, -0.1) is 0 Å². The van der Waals surface area contributed by atoms with Gasteiger partial charge in [0.15, 0.2) is 17.4 Å². The molecule has 0 aliphatic carbocycles. The largest absolute Gasteiger partial charge is 0.491 e. The molecule has 2 N–H and O–H groups in total. The minimum absolute atomic E-state index is 0.244. The van der Waals surface area contributed by atoms with Gasteiger partial charge < -0.3 is 14.8 Å². The van der Waals surface area contributed by atoms with Crippen LogP contribution in [0.2, 0.25) is 0 Å². The van der Waals surface area contributed by atoms with Gasteiger partial charge in [0, 0.05) is 5.46 Å². The van der Waals surface area contributed by atoms with E-state index in [1.54, 1.807) is 13.8 Å². The van der Waals surface area contributed by atoms with E-state index in [0.717, 1.165) is 12.1 Å². The molecule has 15 heavy (non-hydrogen) atoms. The predicted octanol–water partition coefficient (Wildman–Crippen LogP) is 0.432. The molecule has 0 aromatic heterocycles. The van der Waals surface area contributed by atoms with Crippen molar-refractivity contribution < 1.29 is 23.6 Å². The first-order chi connectivity index (χ1) is 6.93. The van der Waals surface area contributed by atoms with E-state index in [-0.39, 0.29) is 11.9 Å². The summed E-state index contributed by atoms with van der Waals surface area (Å²) < 4.78 is 31.4. The molecule has 0 saturated carbocycles. The van der Waals surface area contributed by atoms with Crippen molar-refractivity contribution in [3.8, 4) is 5.75 Å². The summed E-state index contributed by atoms with van der Waals surface area (Å²) in [5.41, 5.74) is -0.511. The number of hydrogen-bond acceptors (Lipinski definition) is 3. The Morgan fingerprint density at radius 1 is 1.20 bits per heavy atom. The SMILES string of the molecule is CC(C)Oc1ccc(B(O)O)c(F)c1F. The molecule has 6 heteroatoms. The highest BCUT2D eigenvalue weighted by molar-refractivity contribution is 6.58. The smallest absolute Gasteiger partial charge is 0.488 e. The molecule has 0 atom stereocenters. The average molecular weight is 216 g/mol. The van der Waals surface area contributed by atoms with E-state index in [9.17, 15) is 8.78 Å². The van der Waals surface area contributed by atoms with Crippen LogP contribution in [0.3, 0.4) is 0 Å². The standard InChI is InChI=1S/C9H11BF2O3/c1-5(2)15-7-4-3-6(10(13)14)8(11)9(7)12/h3-5,13-14H,1-2H3. The normalized spacial score (nSPS) is 10.6. The minimum atomic E-state index is -2.03. The van der Waals surface area contributed by atoms with Crippen molar-refractivity contribution in [3.63, 3.8) is 0 Å². The lowest BCUT2D eigenvalue weighted by atomic mass is 9.80. The molecule has 1 rings (SSSR count). The zero-order chi connectivity index (χ0) is 11.6. The highest BCUT2D eigenvalue weighted by Crippen LogP contribution is 2.19. The summed E-state index contributed by atoms with van der Waals surface area (Å²) in [6, 6.07) is 2.23. The molecule has 0 spiro atoms. The molecule has 0 heterocycles. The highest BCUT2D eigenvalue weighted by Gasteiger charge is 2.22. The molecule has 0 amide bonds. The molecule has 82 valence electrons. The Kier molecular flexibility index (Phi) is 3.65. The van der Waals surface area contributed by atoms with Crippen molar-refractivity contribution in [1.29, 1.82) is 0 Å². The van der Waals surface area contributed by atoms with Crippen molar-refractivity contribution >= 4 is 12.6 Å². The number of benzene rings is 1. The van der Waals surface area contributed by atoms with Crippen molar-refractivity contribution in [3.05, 3.63) is 23.8 Å². The third-order valence-corrected chi connectivity index (χ3v) is 1.72. The van der Waals surface area contributed by atoms with Crippen LogP contribution in [0.1, 0.15) is 13.8 Å². The molecule has 3 nitrogen and oxygen atoms in total. The molecule has 0 bridgehead atoms. The molecule has 1 aromatic rings. The maximum Gasteiger partial charge on any atom is 0.491 e. The van der Waals surface area contributed by atoms with E-state index in [2.05, 4.69) is 0 Å². The molecular weight excluding hydrogens is 205 g/mol. The Balaban J connectivity index is 3.10. The third kappa shape index (κ3) is 2.67. The third-order valence-electron chi connectivity index (χ3n) is 1.72. The zero-order valence-corrected chi connectivity index (χ0v) is 8.37. The first kappa shape index (κ1) is 11.9. The van der Waals surface area contributed by atoms with Gasteiger partial charge in [-0.05, 0) is 19.9 Å². The van der Waals surface area contributed by atoms with Gasteiger partial charge in [0.2, 0.25) is 0 Å². The van der Waals surface area contributed by atoms with Gasteiger partial charge in [0.25, 0.3) is 0 Å². The van der Waals surface area contributed by atoms with Crippen LogP contribution in [0.15, 0.2) is 12.1 Å². The zero-order valence-electron chi connectivity index (χ0n) is 8.37. The second kappa shape index (κ2) is 4.59. The van der Waals surface area contributed by atoms with Crippen molar-refractivity contribution in [2.24, 2.45) is 0 Å². The summed E-state index contributed by atoms with van der Waals surface area (Å²) >= 11 is 0. The van der Waals surface area contributed by atoms with Gasteiger partial charge >= 0.3 is 7.12 Å². The number of ether oxygens (including phenoxy) is 1. The highest BCUT2D eigenvalue weighted by atomic mass is 19.2. The lowest BCUT2D eigenvalue weighted by molar-refractivity contribution is 0.228. The Morgan fingerprint density at radius 3 is 2.27 bits per heavy atom. The van der Waals surface area contributed by atoms with E-state index >= 15 is 0 Å². The van der Waals surface area contributed by atoms with Gasteiger partial charge in [-0.25, -0.2) is 4.39 Å². The summed E-state index contributed by atoms with van der Waals surface area (Å²) in [4.78, 5) is 0. The van der Waals surface area contributed by atoms with Crippen molar-refractivity contribution in [1.82, 2.24) is 0 Å². The quantitative estimate of drug-likeness (QED) is 0.720. The van der Waals surface area contributed by atoms with Crippen LogP contribution in [0, 0.1) is 11.6 Å². The molecule has 1 aromatic carbocycles. The van der Waals surface area contributed by atoms with Crippen molar-refractivity contribution in [2.45, 2.75) is 20.0 Å². The molecule has 0 unspecified atom stereocenters. The topological polar surface area (TPSA) is 49.7 Å². The molecular formula is C9H11BF2O3. The summed E-state index contributed by atoms with van der Waals surface area (Å²) in [5.74, 6) is -2.76. The predicted molar refractivity (Wildman–Crippen MR) is 51.9 cm³/mol. The minimum Gasteiger partial charge on any atom is -0.488 e. The first-order valence-corrected chi connectivity index (χ1v) is 4.44. The fraction of sp³-hybridized carbons (Fsp3) is 0.333. The Bertz CT molecular complexity index is 355. The maximum absolute atomic E-state index is 13.3. The fourth-order valence-electron chi connectivity index (χ4n) is 1.09. The van der Waals surface area contributed by atoms with E-state index in [0.29, 0.717) is 0 Å². The van der Waals surface area contributed by atoms with Crippen LogP contribution >= 0.6 is 0 Å². The molecule has 0 aliphatic heterocycles. The second-order valence-electron chi connectivity index (χ2n) is 3.32. The molecule has 0 fully saturated rings. The van der Waals surface area contributed by atoms with Crippen LogP contribution in [-0.4, -0.2) is 23.3 Å². The van der Waals surface area contributed by atoms with Gasteiger partial charge in [0.1, 0.15) is 0 Å². The lowest BCUT2D eigenvalue weighted by Gasteiger charge is -2.12. The summed E-state index contributed by atoms with van der Waals surface area (Å²) in [5, 5.41) is 17.4. The average Bonchev–Trinajstić information content (AvgIpc) is 2.12. The Morgan fingerprint density at radius 2 is 1.80 bits per heavy atom. The van der Waals surface area contributed by atoms with E-state index in [1.807, 2.05) is 0 Å².